The lowest BCUT2D eigenvalue weighted by Gasteiger charge is -2.14. The minimum Gasteiger partial charge on any atom is -0.454 e. The molecule has 1 aromatic rings. The molecular formula is C13H14N2O3. The number of hydrogen-bond donors (Lipinski definition) is 2. The van der Waals surface area contributed by atoms with E-state index in [9.17, 15) is 4.79 Å². The number of fused-ring (bicyclic) bond motifs is 1. The van der Waals surface area contributed by atoms with Crippen LogP contribution in [0.1, 0.15) is 18.5 Å². The predicted molar refractivity (Wildman–Crippen MR) is 66.3 cm³/mol. The summed E-state index contributed by atoms with van der Waals surface area (Å²) in [6.07, 6.45) is 5.06. The van der Waals surface area contributed by atoms with Gasteiger partial charge in [-0.05, 0) is 24.6 Å². The third kappa shape index (κ3) is 2.66. The fourth-order valence-corrected chi connectivity index (χ4v) is 1.64. The molecule has 1 atom stereocenters. The van der Waals surface area contributed by atoms with Gasteiger partial charge in [-0.3, -0.25) is 0 Å². The number of ether oxygens (including phenoxy) is 2. The Hall–Kier alpha value is -2.35. The molecule has 0 aromatic heterocycles. The summed E-state index contributed by atoms with van der Waals surface area (Å²) in [6.45, 7) is 2.33. The molecule has 2 rings (SSSR count). The molecule has 0 fully saturated rings. The van der Waals surface area contributed by atoms with Gasteiger partial charge >= 0.3 is 6.03 Å². The van der Waals surface area contributed by atoms with Crippen LogP contribution in [0.5, 0.6) is 11.5 Å². The molecule has 1 aliphatic heterocycles. The number of amides is 2. The number of nitrogens with one attached hydrogen (secondary N) is 2. The average molecular weight is 246 g/mol. The van der Waals surface area contributed by atoms with E-state index in [4.69, 9.17) is 15.9 Å². The highest BCUT2D eigenvalue weighted by Gasteiger charge is 2.16. The third-order valence-corrected chi connectivity index (χ3v) is 2.60. The van der Waals surface area contributed by atoms with E-state index < -0.39 is 0 Å². The number of benzene rings is 1. The van der Waals surface area contributed by atoms with Crippen molar-refractivity contribution in [1.29, 1.82) is 0 Å². The van der Waals surface area contributed by atoms with Crippen LogP contribution in [0.4, 0.5) is 4.79 Å². The van der Waals surface area contributed by atoms with Gasteiger partial charge in [-0.2, -0.15) is 0 Å². The molecule has 0 spiro atoms. The van der Waals surface area contributed by atoms with Gasteiger partial charge in [0.25, 0.3) is 0 Å². The Balaban J connectivity index is 1.99. The summed E-state index contributed by atoms with van der Waals surface area (Å²) in [5.41, 5.74) is 0.940. The van der Waals surface area contributed by atoms with Crippen molar-refractivity contribution in [2.45, 2.75) is 13.0 Å². The van der Waals surface area contributed by atoms with E-state index in [1.54, 1.807) is 0 Å². The lowest BCUT2D eigenvalue weighted by Crippen LogP contribution is -2.37. The molecule has 1 heterocycles. The number of rotatable bonds is 3. The summed E-state index contributed by atoms with van der Waals surface area (Å²) < 4.78 is 10.5. The zero-order valence-electron chi connectivity index (χ0n) is 10.0. The maximum absolute atomic E-state index is 11.4. The Labute approximate surface area is 105 Å². The highest BCUT2D eigenvalue weighted by Crippen LogP contribution is 2.33. The normalized spacial score (nSPS) is 13.6. The lowest BCUT2D eigenvalue weighted by atomic mass is 10.1. The zero-order valence-corrected chi connectivity index (χ0v) is 10.0. The van der Waals surface area contributed by atoms with Gasteiger partial charge in [0, 0.05) is 0 Å². The Morgan fingerprint density at radius 3 is 3.06 bits per heavy atom. The predicted octanol–water partition coefficient (Wildman–Crippen LogP) is 1.41. The maximum atomic E-state index is 11.4. The van der Waals surface area contributed by atoms with Crippen molar-refractivity contribution in [3.8, 4) is 23.8 Å². The van der Waals surface area contributed by atoms with Crippen molar-refractivity contribution in [1.82, 2.24) is 10.6 Å². The number of carbonyl (C=O) groups excluding carboxylic acids is 1. The van der Waals surface area contributed by atoms with Crippen LogP contribution in [0, 0.1) is 12.3 Å². The van der Waals surface area contributed by atoms with Gasteiger partial charge in [0.15, 0.2) is 11.5 Å². The Morgan fingerprint density at radius 2 is 2.28 bits per heavy atom. The number of carbonyl (C=O) groups is 1. The minimum atomic E-state index is -0.293. The Kier molecular flexibility index (Phi) is 3.58. The van der Waals surface area contributed by atoms with Gasteiger partial charge in [0.1, 0.15) is 0 Å². The van der Waals surface area contributed by atoms with E-state index in [1.165, 1.54) is 0 Å². The van der Waals surface area contributed by atoms with Gasteiger partial charge in [0.2, 0.25) is 6.79 Å². The van der Waals surface area contributed by atoms with Gasteiger partial charge in [-0.1, -0.05) is 12.0 Å². The van der Waals surface area contributed by atoms with E-state index in [-0.39, 0.29) is 25.4 Å². The van der Waals surface area contributed by atoms with Crippen LogP contribution in [0.3, 0.4) is 0 Å². The van der Waals surface area contributed by atoms with E-state index in [0.717, 1.165) is 11.3 Å². The Morgan fingerprint density at radius 1 is 1.50 bits per heavy atom. The van der Waals surface area contributed by atoms with Crippen molar-refractivity contribution in [2.24, 2.45) is 0 Å². The van der Waals surface area contributed by atoms with Crippen LogP contribution in [0.25, 0.3) is 0 Å². The molecule has 5 nitrogen and oxygen atoms in total. The SMILES string of the molecule is C#CCNC(=O)NC(C)c1ccc2c(c1)OCO2. The number of urea groups is 1. The number of hydrogen-bond acceptors (Lipinski definition) is 3. The molecule has 0 aliphatic carbocycles. The first kappa shape index (κ1) is 12.1. The summed E-state index contributed by atoms with van der Waals surface area (Å²) in [5.74, 6) is 3.76. The lowest BCUT2D eigenvalue weighted by molar-refractivity contribution is 0.174. The molecule has 94 valence electrons. The molecule has 0 bridgehead atoms. The van der Waals surface area contributed by atoms with Crippen LogP contribution in [-0.4, -0.2) is 19.4 Å². The van der Waals surface area contributed by atoms with Crippen molar-refractivity contribution in [3.05, 3.63) is 23.8 Å². The molecule has 5 heteroatoms. The molecular weight excluding hydrogens is 232 g/mol. The van der Waals surface area contributed by atoms with E-state index in [1.807, 2.05) is 25.1 Å². The monoisotopic (exact) mass is 246 g/mol. The summed E-state index contributed by atoms with van der Waals surface area (Å²) in [7, 11) is 0. The summed E-state index contributed by atoms with van der Waals surface area (Å²) in [6, 6.07) is 5.14. The van der Waals surface area contributed by atoms with Crippen LogP contribution in [0.2, 0.25) is 0 Å². The molecule has 2 amide bonds. The second-order valence-corrected chi connectivity index (χ2v) is 3.87. The van der Waals surface area contributed by atoms with Crippen molar-refractivity contribution in [2.75, 3.05) is 13.3 Å². The molecule has 0 saturated carbocycles. The molecule has 0 radical (unpaired) electrons. The summed E-state index contributed by atoms with van der Waals surface area (Å²) >= 11 is 0. The summed E-state index contributed by atoms with van der Waals surface area (Å²) in [5, 5.41) is 5.32. The first-order valence-corrected chi connectivity index (χ1v) is 5.58. The average Bonchev–Trinajstić information content (AvgIpc) is 2.83. The quantitative estimate of drug-likeness (QED) is 0.793. The standard InChI is InChI=1S/C13H14N2O3/c1-3-6-14-13(16)15-9(2)10-4-5-11-12(7-10)18-8-17-11/h1,4-5,7,9H,6,8H2,2H3,(H2,14,15,16). The van der Waals surface area contributed by atoms with Gasteiger partial charge in [-0.15, -0.1) is 6.42 Å². The fourth-order valence-electron chi connectivity index (χ4n) is 1.64. The van der Waals surface area contributed by atoms with Crippen molar-refractivity contribution < 1.29 is 14.3 Å². The van der Waals surface area contributed by atoms with Gasteiger partial charge < -0.3 is 20.1 Å². The maximum Gasteiger partial charge on any atom is 0.316 e. The largest absolute Gasteiger partial charge is 0.454 e. The molecule has 0 saturated heterocycles. The van der Waals surface area contributed by atoms with Crippen molar-refractivity contribution in [3.63, 3.8) is 0 Å². The first-order valence-electron chi connectivity index (χ1n) is 5.58. The molecule has 18 heavy (non-hydrogen) atoms. The molecule has 1 unspecified atom stereocenters. The van der Waals surface area contributed by atoms with Crippen molar-refractivity contribution >= 4 is 6.03 Å². The first-order chi connectivity index (χ1) is 8.70. The number of terminal acetylenes is 1. The van der Waals surface area contributed by atoms with Gasteiger partial charge in [-0.25, -0.2) is 4.79 Å². The van der Waals surface area contributed by atoms with Crippen LogP contribution in [0.15, 0.2) is 18.2 Å². The summed E-state index contributed by atoms with van der Waals surface area (Å²) in [4.78, 5) is 11.4. The highest BCUT2D eigenvalue weighted by molar-refractivity contribution is 5.74. The third-order valence-electron chi connectivity index (χ3n) is 2.60. The van der Waals surface area contributed by atoms with E-state index >= 15 is 0 Å². The highest BCUT2D eigenvalue weighted by atomic mass is 16.7. The zero-order chi connectivity index (χ0) is 13.0. The van der Waals surface area contributed by atoms with Crippen LogP contribution < -0.4 is 20.1 Å². The van der Waals surface area contributed by atoms with Crippen LogP contribution in [-0.2, 0) is 0 Å². The molecule has 2 N–H and O–H groups in total. The van der Waals surface area contributed by atoms with E-state index in [2.05, 4.69) is 16.6 Å². The smallest absolute Gasteiger partial charge is 0.316 e. The fraction of sp³-hybridized carbons (Fsp3) is 0.308. The van der Waals surface area contributed by atoms with E-state index in [0.29, 0.717) is 5.75 Å². The second-order valence-electron chi connectivity index (χ2n) is 3.87. The van der Waals surface area contributed by atoms with Crippen LogP contribution >= 0.6 is 0 Å². The topological polar surface area (TPSA) is 59.6 Å². The molecule has 1 aromatic carbocycles. The minimum absolute atomic E-state index is 0.141. The Bertz CT molecular complexity index is 493. The van der Waals surface area contributed by atoms with Gasteiger partial charge in [0.05, 0.1) is 12.6 Å². The second kappa shape index (κ2) is 5.32. The molecule has 1 aliphatic rings.